The molecule has 0 amide bonds. The van der Waals surface area contributed by atoms with Crippen LogP contribution in [0.25, 0.3) is 6.08 Å². The van der Waals surface area contributed by atoms with E-state index in [-0.39, 0.29) is 5.82 Å². The van der Waals surface area contributed by atoms with Gasteiger partial charge < -0.3 is 5.32 Å². The van der Waals surface area contributed by atoms with E-state index in [4.69, 9.17) is 0 Å². The summed E-state index contributed by atoms with van der Waals surface area (Å²) in [5.74, 6) is -0.135. The Balaban J connectivity index is 2.46. The summed E-state index contributed by atoms with van der Waals surface area (Å²) in [6, 6.07) is 5.31. The predicted molar refractivity (Wildman–Crippen MR) is 63.3 cm³/mol. The number of halogens is 1. The first-order valence-electron chi connectivity index (χ1n) is 5.37. The molecule has 0 aliphatic carbocycles. The molecule has 0 fully saturated rings. The van der Waals surface area contributed by atoms with E-state index in [0.717, 1.165) is 25.1 Å². The number of nitrogens with one attached hydrogen (secondary N) is 1. The largest absolute Gasteiger partial charge is 0.317 e. The van der Waals surface area contributed by atoms with Crippen LogP contribution < -0.4 is 5.32 Å². The molecule has 0 aliphatic rings. The van der Waals surface area contributed by atoms with Crippen LogP contribution in [-0.4, -0.2) is 13.1 Å². The van der Waals surface area contributed by atoms with Gasteiger partial charge in [-0.1, -0.05) is 31.2 Å². The summed E-state index contributed by atoms with van der Waals surface area (Å²) < 4.78 is 13.2. The Hall–Kier alpha value is -1.15. The molecule has 0 unspecified atom stereocenters. The van der Waals surface area contributed by atoms with Crippen molar-refractivity contribution >= 4 is 6.08 Å². The van der Waals surface area contributed by atoms with Crippen molar-refractivity contribution in [3.05, 3.63) is 41.2 Å². The number of hydrogen-bond donors (Lipinski definition) is 1. The highest BCUT2D eigenvalue weighted by molar-refractivity contribution is 5.49. The lowest BCUT2D eigenvalue weighted by Crippen LogP contribution is -2.12. The predicted octanol–water partition coefficient (Wildman–Crippen LogP) is 3.15. The number of hydrogen-bond acceptors (Lipinski definition) is 1. The fourth-order valence-electron chi connectivity index (χ4n) is 1.29. The first kappa shape index (κ1) is 11.9. The molecule has 1 rings (SSSR count). The highest BCUT2D eigenvalue weighted by Gasteiger charge is 1.95. The van der Waals surface area contributed by atoms with Gasteiger partial charge in [-0.3, -0.25) is 0 Å². The van der Waals surface area contributed by atoms with Crippen LogP contribution in [0.15, 0.2) is 24.3 Å². The molecule has 15 heavy (non-hydrogen) atoms. The zero-order valence-corrected chi connectivity index (χ0v) is 9.39. The molecule has 1 aromatic rings. The Bertz CT molecular complexity index is 331. The van der Waals surface area contributed by atoms with Gasteiger partial charge in [0.05, 0.1) is 0 Å². The summed E-state index contributed by atoms with van der Waals surface area (Å²) in [5, 5.41) is 3.23. The Morgan fingerprint density at radius 2 is 2.20 bits per heavy atom. The van der Waals surface area contributed by atoms with Gasteiger partial charge in [-0.05, 0) is 43.6 Å². The van der Waals surface area contributed by atoms with Gasteiger partial charge in [0.15, 0.2) is 0 Å². The van der Waals surface area contributed by atoms with Crippen molar-refractivity contribution in [1.82, 2.24) is 5.32 Å². The maximum Gasteiger partial charge on any atom is 0.126 e. The first-order valence-corrected chi connectivity index (χ1v) is 5.37. The number of benzene rings is 1. The molecule has 0 spiro atoms. The SMILES string of the molecule is CCNCC/C=C/c1ccc(C)c(F)c1. The van der Waals surface area contributed by atoms with Crippen LogP contribution in [0.5, 0.6) is 0 Å². The summed E-state index contributed by atoms with van der Waals surface area (Å²) in [4.78, 5) is 0. The van der Waals surface area contributed by atoms with E-state index >= 15 is 0 Å². The zero-order valence-electron chi connectivity index (χ0n) is 9.39. The zero-order chi connectivity index (χ0) is 11.1. The molecule has 0 bridgehead atoms. The van der Waals surface area contributed by atoms with E-state index in [1.165, 1.54) is 0 Å². The van der Waals surface area contributed by atoms with Crippen LogP contribution in [0.2, 0.25) is 0 Å². The lowest BCUT2D eigenvalue weighted by molar-refractivity contribution is 0.618. The molecule has 0 atom stereocenters. The summed E-state index contributed by atoms with van der Waals surface area (Å²) in [6.45, 7) is 5.82. The van der Waals surface area contributed by atoms with Crippen LogP contribution in [0.3, 0.4) is 0 Å². The average Bonchev–Trinajstić information content (AvgIpc) is 2.23. The normalized spacial score (nSPS) is 11.1. The van der Waals surface area contributed by atoms with Crippen LogP contribution in [0, 0.1) is 12.7 Å². The maximum absolute atomic E-state index is 13.2. The highest BCUT2D eigenvalue weighted by Crippen LogP contribution is 2.10. The van der Waals surface area contributed by atoms with Crippen LogP contribution in [0.1, 0.15) is 24.5 Å². The Morgan fingerprint density at radius 3 is 2.87 bits per heavy atom. The van der Waals surface area contributed by atoms with Crippen molar-refractivity contribution < 1.29 is 4.39 Å². The molecule has 2 heteroatoms. The van der Waals surface area contributed by atoms with E-state index in [2.05, 4.69) is 18.3 Å². The van der Waals surface area contributed by atoms with Gasteiger partial charge in [-0.15, -0.1) is 0 Å². The van der Waals surface area contributed by atoms with Gasteiger partial charge in [0.25, 0.3) is 0 Å². The van der Waals surface area contributed by atoms with Gasteiger partial charge in [-0.25, -0.2) is 4.39 Å². The van der Waals surface area contributed by atoms with E-state index in [1.54, 1.807) is 19.1 Å². The van der Waals surface area contributed by atoms with E-state index in [9.17, 15) is 4.39 Å². The smallest absolute Gasteiger partial charge is 0.126 e. The Morgan fingerprint density at radius 1 is 1.40 bits per heavy atom. The third-order valence-corrected chi connectivity index (χ3v) is 2.24. The third-order valence-electron chi connectivity index (χ3n) is 2.24. The van der Waals surface area contributed by atoms with Crippen molar-refractivity contribution in [2.75, 3.05) is 13.1 Å². The van der Waals surface area contributed by atoms with Gasteiger partial charge in [-0.2, -0.15) is 0 Å². The van der Waals surface area contributed by atoms with Crippen molar-refractivity contribution in [3.8, 4) is 0 Å². The van der Waals surface area contributed by atoms with Crippen LogP contribution in [0.4, 0.5) is 4.39 Å². The van der Waals surface area contributed by atoms with Crippen LogP contribution in [-0.2, 0) is 0 Å². The molecule has 1 aromatic carbocycles. The molecular formula is C13H18FN. The molecule has 82 valence electrons. The number of rotatable bonds is 5. The molecule has 0 saturated carbocycles. The molecule has 0 radical (unpaired) electrons. The second kappa shape index (κ2) is 6.36. The van der Waals surface area contributed by atoms with Crippen molar-refractivity contribution in [2.24, 2.45) is 0 Å². The lowest BCUT2D eigenvalue weighted by Gasteiger charge is -1.98. The fraction of sp³-hybridized carbons (Fsp3) is 0.385. The van der Waals surface area contributed by atoms with Gasteiger partial charge in [0.2, 0.25) is 0 Å². The van der Waals surface area contributed by atoms with E-state index in [0.29, 0.717) is 5.56 Å². The van der Waals surface area contributed by atoms with Gasteiger partial charge in [0, 0.05) is 0 Å². The van der Waals surface area contributed by atoms with Crippen molar-refractivity contribution in [1.29, 1.82) is 0 Å². The molecule has 0 aromatic heterocycles. The topological polar surface area (TPSA) is 12.0 Å². The third kappa shape index (κ3) is 4.26. The van der Waals surface area contributed by atoms with Crippen molar-refractivity contribution in [2.45, 2.75) is 20.3 Å². The average molecular weight is 207 g/mol. The molecule has 0 saturated heterocycles. The van der Waals surface area contributed by atoms with Crippen LogP contribution >= 0.6 is 0 Å². The minimum absolute atomic E-state index is 0.135. The Kier molecular flexibility index (Phi) is 5.05. The quantitative estimate of drug-likeness (QED) is 0.731. The first-order chi connectivity index (χ1) is 7.24. The van der Waals surface area contributed by atoms with Gasteiger partial charge >= 0.3 is 0 Å². The van der Waals surface area contributed by atoms with Gasteiger partial charge in [0.1, 0.15) is 5.82 Å². The maximum atomic E-state index is 13.2. The van der Waals surface area contributed by atoms with E-state index in [1.807, 2.05) is 12.1 Å². The minimum atomic E-state index is -0.135. The molecule has 0 heterocycles. The molecule has 1 N–H and O–H groups in total. The second-order valence-corrected chi connectivity index (χ2v) is 3.55. The van der Waals surface area contributed by atoms with E-state index < -0.39 is 0 Å². The standard InChI is InChI=1S/C13H18FN/c1-3-15-9-5-4-6-12-8-7-11(2)13(14)10-12/h4,6-8,10,15H,3,5,9H2,1-2H3/b6-4+. The summed E-state index contributed by atoms with van der Waals surface area (Å²) in [5.41, 5.74) is 1.62. The Labute approximate surface area is 91.0 Å². The fourth-order valence-corrected chi connectivity index (χ4v) is 1.29. The monoisotopic (exact) mass is 207 g/mol. The summed E-state index contributed by atoms with van der Waals surface area (Å²) >= 11 is 0. The lowest BCUT2D eigenvalue weighted by atomic mass is 10.1. The second-order valence-electron chi connectivity index (χ2n) is 3.55. The molecular weight excluding hydrogens is 189 g/mol. The summed E-state index contributed by atoms with van der Waals surface area (Å²) in [7, 11) is 0. The minimum Gasteiger partial charge on any atom is -0.317 e. The number of aryl methyl sites for hydroxylation is 1. The summed E-state index contributed by atoms with van der Waals surface area (Å²) in [6.07, 6.45) is 5.00. The molecule has 1 nitrogen and oxygen atoms in total. The van der Waals surface area contributed by atoms with Crippen molar-refractivity contribution in [3.63, 3.8) is 0 Å². The highest BCUT2D eigenvalue weighted by atomic mass is 19.1. The molecule has 0 aliphatic heterocycles.